The van der Waals surface area contributed by atoms with Crippen molar-refractivity contribution in [1.29, 1.82) is 0 Å². The summed E-state index contributed by atoms with van der Waals surface area (Å²) in [5.74, 6) is 0.258. The standard InChI is InChI=1S/C7H15NO3S/c1-7(2,6-9)5-8-3-4-12(8,10)11/h9H,3-6H2,1-2H3. The smallest absolute Gasteiger partial charge is 0.215 e. The molecule has 0 atom stereocenters. The zero-order chi connectivity index (χ0) is 9.41. The fourth-order valence-electron chi connectivity index (χ4n) is 1.07. The van der Waals surface area contributed by atoms with Crippen molar-refractivity contribution in [1.82, 2.24) is 4.31 Å². The van der Waals surface area contributed by atoms with Gasteiger partial charge in [-0.3, -0.25) is 0 Å². The number of hydrogen-bond donors (Lipinski definition) is 1. The van der Waals surface area contributed by atoms with Gasteiger partial charge in [0.25, 0.3) is 0 Å². The molecule has 1 heterocycles. The molecule has 0 bridgehead atoms. The molecule has 0 aliphatic carbocycles. The van der Waals surface area contributed by atoms with Gasteiger partial charge in [-0.25, -0.2) is 12.7 Å². The van der Waals surface area contributed by atoms with E-state index < -0.39 is 10.0 Å². The number of sulfonamides is 1. The van der Waals surface area contributed by atoms with E-state index in [0.717, 1.165) is 0 Å². The molecule has 1 aliphatic rings. The second-order valence-electron chi connectivity index (χ2n) is 3.97. The highest BCUT2D eigenvalue weighted by atomic mass is 32.2. The Bertz CT molecular complexity index is 258. The first-order valence-corrected chi connectivity index (χ1v) is 5.57. The molecule has 1 N–H and O–H groups in total. The molecule has 0 unspecified atom stereocenters. The zero-order valence-electron chi connectivity index (χ0n) is 7.45. The highest BCUT2D eigenvalue weighted by Crippen LogP contribution is 2.22. The first-order chi connectivity index (χ1) is 5.37. The van der Waals surface area contributed by atoms with E-state index in [0.29, 0.717) is 13.1 Å². The maximum atomic E-state index is 11.1. The first-order valence-electron chi connectivity index (χ1n) is 3.96. The van der Waals surface area contributed by atoms with Crippen LogP contribution in [0, 0.1) is 5.41 Å². The van der Waals surface area contributed by atoms with Gasteiger partial charge in [0.15, 0.2) is 0 Å². The predicted octanol–water partition coefficient (Wildman–Crippen LogP) is -0.350. The average Bonchev–Trinajstić information content (AvgIpc) is 1.99. The summed E-state index contributed by atoms with van der Waals surface area (Å²) in [4.78, 5) is 0. The van der Waals surface area contributed by atoms with E-state index in [9.17, 15) is 8.42 Å². The molecular formula is C7H15NO3S. The Kier molecular flexibility index (Phi) is 2.47. The van der Waals surface area contributed by atoms with Crippen molar-refractivity contribution in [3.63, 3.8) is 0 Å². The van der Waals surface area contributed by atoms with Crippen molar-refractivity contribution in [2.24, 2.45) is 5.41 Å². The summed E-state index contributed by atoms with van der Waals surface area (Å²) in [5.41, 5.74) is -0.326. The van der Waals surface area contributed by atoms with Crippen LogP contribution in [-0.2, 0) is 10.0 Å². The van der Waals surface area contributed by atoms with Crippen molar-refractivity contribution < 1.29 is 13.5 Å². The molecule has 1 saturated heterocycles. The van der Waals surface area contributed by atoms with Crippen molar-refractivity contribution in [2.45, 2.75) is 13.8 Å². The molecule has 0 aromatic heterocycles. The Morgan fingerprint density at radius 2 is 2.08 bits per heavy atom. The van der Waals surface area contributed by atoms with Crippen LogP contribution in [0.3, 0.4) is 0 Å². The summed E-state index contributed by atoms with van der Waals surface area (Å²) in [7, 11) is -2.94. The van der Waals surface area contributed by atoms with Crippen molar-refractivity contribution in [3.05, 3.63) is 0 Å². The lowest BCUT2D eigenvalue weighted by Gasteiger charge is -2.36. The van der Waals surface area contributed by atoms with Gasteiger partial charge in [0.2, 0.25) is 10.0 Å². The normalized spacial score (nSPS) is 23.6. The number of nitrogens with zero attached hydrogens (tertiary/aromatic N) is 1. The van der Waals surface area contributed by atoms with Gasteiger partial charge >= 0.3 is 0 Å². The Hall–Kier alpha value is -0.130. The van der Waals surface area contributed by atoms with Crippen LogP contribution in [0.15, 0.2) is 0 Å². The molecule has 0 radical (unpaired) electrons. The topological polar surface area (TPSA) is 57.6 Å². The SMILES string of the molecule is CC(C)(CO)CN1CCS1(=O)=O. The highest BCUT2D eigenvalue weighted by molar-refractivity contribution is 7.90. The van der Waals surface area contributed by atoms with E-state index in [2.05, 4.69) is 0 Å². The molecule has 0 saturated carbocycles. The summed E-state index contributed by atoms with van der Waals surface area (Å²) >= 11 is 0. The van der Waals surface area contributed by atoms with E-state index in [1.807, 2.05) is 13.8 Å². The Labute approximate surface area is 73.2 Å². The summed E-state index contributed by atoms with van der Waals surface area (Å²) in [5, 5.41) is 8.91. The van der Waals surface area contributed by atoms with Crippen LogP contribution in [0.5, 0.6) is 0 Å². The molecule has 4 nitrogen and oxygen atoms in total. The van der Waals surface area contributed by atoms with Gasteiger partial charge in [-0.05, 0) is 0 Å². The Morgan fingerprint density at radius 3 is 2.33 bits per heavy atom. The summed E-state index contributed by atoms with van der Waals surface area (Å²) in [6.07, 6.45) is 0. The third-order valence-corrected chi connectivity index (χ3v) is 3.82. The quantitative estimate of drug-likeness (QED) is 0.666. The third-order valence-electron chi connectivity index (χ3n) is 2.02. The third kappa shape index (κ3) is 1.97. The van der Waals surface area contributed by atoms with E-state index in [1.165, 1.54) is 4.31 Å². The molecular weight excluding hydrogens is 178 g/mol. The summed E-state index contributed by atoms with van der Waals surface area (Å²) in [6, 6.07) is 0. The maximum absolute atomic E-state index is 11.1. The average molecular weight is 193 g/mol. The van der Waals surface area contributed by atoms with Crippen LogP contribution in [0.25, 0.3) is 0 Å². The minimum Gasteiger partial charge on any atom is -0.396 e. The minimum absolute atomic E-state index is 0.0129. The molecule has 0 aromatic rings. The molecule has 0 spiro atoms. The van der Waals surface area contributed by atoms with E-state index in [-0.39, 0.29) is 17.8 Å². The molecule has 1 aliphatic heterocycles. The number of aliphatic hydroxyl groups is 1. The molecule has 72 valence electrons. The van der Waals surface area contributed by atoms with Crippen molar-refractivity contribution in [3.8, 4) is 0 Å². The van der Waals surface area contributed by atoms with Crippen LogP contribution in [0.4, 0.5) is 0 Å². The van der Waals surface area contributed by atoms with E-state index in [1.54, 1.807) is 0 Å². The van der Waals surface area contributed by atoms with Gasteiger partial charge in [0, 0.05) is 25.1 Å². The lowest BCUT2D eigenvalue weighted by molar-refractivity contribution is 0.131. The van der Waals surface area contributed by atoms with Crippen molar-refractivity contribution in [2.75, 3.05) is 25.4 Å². The lowest BCUT2D eigenvalue weighted by atomic mass is 9.95. The number of aliphatic hydroxyl groups excluding tert-OH is 1. The second-order valence-corrected chi connectivity index (χ2v) is 6.06. The second kappa shape index (κ2) is 2.97. The first kappa shape index (κ1) is 9.95. The monoisotopic (exact) mass is 193 g/mol. The van der Waals surface area contributed by atoms with Crippen LogP contribution in [0.2, 0.25) is 0 Å². The number of hydrogen-bond acceptors (Lipinski definition) is 3. The van der Waals surface area contributed by atoms with Crippen LogP contribution < -0.4 is 0 Å². The molecule has 1 rings (SSSR count). The molecule has 0 aromatic carbocycles. The van der Waals surface area contributed by atoms with E-state index in [4.69, 9.17) is 5.11 Å². The summed E-state index contributed by atoms with van der Waals surface area (Å²) in [6.45, 7) is 4.73. The number of rotatable bonds is 3. The van der Waals surface area contributed by atoms with Gasteiger partial charge in [0.05, 0.1) is 5.75 Å². The van der Waals surface area contributed by atoms with Gasteiger partial charge in [-0.1, -0.05) is 13.8 Å². The zero-order valence-corrected chi connectivity index (χ0v) is 8.26. The van der Waals surface area contributed by atoms with Gasteiger partial charge in [-0.2, -0.15) is 0 Å². The fourth-order valence-corrected chi connectivity index (χ4v) is 2.36. The minimum atomic E-state index is -2.94. The van der Waals surface area contributed by atoms with Gasteiger partial charge in [-0.15, -0.1) is 0 Å². The van der Waals surface area contributed by atoms with Gasteiger partial charge in [0.1, 0.15) is 0 Å². The van der Waals surface area contributed by atoms with Crippen LogP contribution in [0.1, 0.15) is 13.8 Å². The van der Waals surface area contributed by atoms with E-state index >= 15 is 0 Å². The lowest BCUT2D eigenvalue weighted by Crippen LogP contribution is -2.51. The summed E-state index contributed by atoms with van der Waals surface area (Å²) < 4.78 is 23.5. The molecule has 0 amide bonds. The Balaban J connectivity index is 2.54. The van der Waals surface area contributed by atoms with Gasteiger partial charge < -0.3 is 5.11 Å². The maximum Gasteiger partial charge on any atom is 0.215 e. The molecule has 1 fully saturated rings. The molecule has 5 heteroatoms. The Morgan fingerprint density at radius 1 is 1.50 bits per heavy atom. The fraction of sp³-hybridized carbons (Fsp3) is 1.00. The van der Waals surface area contributed by atoms with Crippen LogP contribution in [-0.4, -0.2) is 43.3 Å². The predicted molar refractivity (Wildman–Crippen MR) is 46.2 cm³/mol. The highest BCUT2D eigenvalue weighted by Gasteiger charge is 2.36. The largest absolute Gasteiger partial charge is 0.396 e. The van der Waals surface area contributed by atoms with Crippen LogP contribution >= 0.6 is 0 Å². The van der Waals surface area contributed by atoms with Crippen molar-refractivity contribution >= 4 is 10.0 Å². The molecule has 12 heavy (non-hydrogen) atoms.